The molecule has 0 unspecified atom stereocenters. The third-order valence-corrected chi connectivity index (χ3v) is 12.5. The van der Waals surface area contributed by atoms with Crippen LogP contribution in [0.1, 0.15) is 71.1 Å². The van der Waals surface area contributed by atoms with E-state index >= 15 is 0 Å². The molecule has 53 heavy (non-hydrogen) atoms. The largest absolute Gasteiger partial charge is 0.310 e. The van der Waals surface area contributed by atoms with E-state index in [9.17, 15) is 0 Å². The Labute approximate surface area is 312 Å². The van der Waals surface area contributed by atoms with Crippen molar-refractivity contribution in [2.75, 3.05) is 0 Å². The van der Waals surface area contributed by atoms with Gasteiger partial charge in [0.2, 0.25) is 0 Å². The minimum Gasteiger partial charge on any atom is -0.310 e. The van der Waals surface area contributed by atoms with E-state index in [1.165, 1.54) is 105 Å². The number of hydrogen-bond acceptors (Lipinski definition) is 0. The van der Waals surface area contributed by atoms with Gasteiger partial charge in [-0.2, -0.15) is 0 Å². The lowest BCUT2D eigenvalue weighted by Crippen LogP contribution is -2.59. The maximum Gasteiger partial charge on any atom is 0.252 e. The number of rotatable bonds is 2. The van der Waals surface area contributed by atoms with Crippen LogP contribution in [0.3, 0.4) is 0 Å². The fourth-order valence-corrected chi connectivity index (χ4v) is 9.81. The summed E-state index contributed by atoms with van der Waals surface area (Å²) in [7, 11) is 0. The number of allylic oxidation sites excluding steroid dienone is 4. The van der Waals surface area contributed by atoms with Gasteiger partial charge in [-0.25, -0.2) is 0 Å². The van der Waals surface area contributed by atoms with Gasteiger partial charge in [0.1, 0.15) is 0 Å². The molecule has 2 aromatic heterocycles. The predicted octanol–water partition coefficient (Wildman–Crippen LogP) is 11.0. The van der Waals surface area contributed by atoms with Crippen LogP contribution in [0.25, 0.3) is 71.7 Å². The molecule has 0 saturated carbocycles. The van der Waals surface area contributed by atoms with E-state index in [0.717, 1.165) is 12.8 Å². The highest BCUT2D eigenvalue weighted by Gasteiger charge is 2.42. The molecular weight excluding hydrogens is 639 g/mol. The normalized spacial score (nSPS) is 14.8. The van der Waals surface area contributed by atoms with Gasteiger partial charge in [0.15, 0.2) is 0 Å². The van der Waals surface area contributed by atoms with Crippen molar-refractivity contribution in [3.63, 3.8) is 0 Å². The fraction of sp³-hybridized carbons (Fsp3) is 0.200. The van der Waals surface area contributed by atoms with Crippen LogP contribution in [0.15, 0.2) is 127 Å². The van der Waals surface area contributed by atoms with Gasteiger partial charge in [-0.3, -0.25) is 0 Å². The van der Waals surface area contributed by atoms with E-state index in [2.05, 4.69) is 178 Å². The maximum absolute atomic E-state index is 2.62. The van der Waals surface area contributed by atoms with Crippen molar-refractivity contribution < 1.29 is 0 Å². The highest BCUT2D eigenvalue weighted by Crippen LogP contribution is 2.44. The lowest BCUT2D eigenvalue weighted by atomic mass is 9.34. The standard InChI is InChI=1S/C50H43BN2/c1-49(2,3)33-21-25-41-38(27-33)45-35(31-16-11-8-12-17-31)23-24-39-48(45)52(41)42-18-13-19-43-46(42)51(39)40-29-34(50(4,5)6)28-37-36-22-20-32(30-14-9-7-10-15-30)26-44(36)53(43)47(37)40/h7-9,11-14,16-29H,10,15H2,1-6H3. The van der Waals surface area contributed by atoms with Crippen LogP contribution in [0.2, 0.25) is 0 Å². The summed E-state index contributed by atoms with van der Waals surface area (Å²) in [5, 5.41) is 5.39. The Morgan fingerprint density at radius 1 is 0.566 bits per heavy atom. The minimum absolute atomic E-state index is 0.00248. The smallest absolute Gasteiger partial charge is 0.252 e. The first kappa shape index (κ1) is 31.0. The maximum atomic E-state index is 2.62. The molecule has 3 heteroatoms. The molecule has 11 rings (SSSR count). The van der Waals surface area contributed by atoms with Gasteiger partial charge in [-0.15, -0.1) is 0 Å². The minimum atomic E-state index is -0.00248. The van der Waals surface area contributed by atoms with Gasteiger partial charge < -0.3 is 9.13 Å². The molecule has 8 aromatic rings. The second-order valence-electron chi connectivity index (χ2n) is 17.7. The van der Waals surface area contributed by atoms with Crippen molar-refractivity contribution in [3.8, 4) is 22.5 Å². The first-order valence-electron chi connectivity index (χ1n) is 19.4. The summed E-state index contributed by atoms with van der Waals surface area (Å²) in [6.07, 6.45) is 8.99. The van der Waals surface area contributed by atoms with Gasteiger partial charge in [-0.1, -0.05) is 133 Å². The summed E-state index contributed by atoms with van der Waals surface area (Å²) in [5.74, 6) is 0. The molecule has 0 fully saturated rings. The molecular formula is C50H43BN2. The average molecular weight is 683 g/mol. The highest BCUT2D eigenvalue weighted by atomic mass is 15.0. The van der Waals surface area contributed by atoms with E-state index in [4.69, 9.17) is 0 Å². The summed E-state index contributed by atoms with van der Waals surface area (Å²) in [4.78, 5) is 0. The Kier molecular flexibility index (Phi) is 6.17. The Balaban J connectivity index is 1.31. The predicted molar refractivity (Wildman–Crippen MR) is 229 cm³/mol. The molecule has 6 aromatic carbocycles. The molecule has 0 atom stereocenters. The highest BCUT2D eigenvalue weighted by molar-refractivity contribution is 7.00. The third-order valence-electron chi connectivity index (χ3n) is 12.5. The summed E-state index contributed by atoms with van der Waals surface area (Å²) in [6, 6.07) is 42.5. The van der Waals surface area contributed by atoms with Crippen LogP contribution in [0, 0.1) is 0 Å². The van der Waals surface area contributed by atoms with Gasteiger partial charge in [0.05, 0.1) is 11.0 Å². The van der Waals surface area contributed by atoms with Crippen molar-refractivity contribution in [2.45, 2.75) is 65.2 Å². The third kappa shape index (κ3) is 4.22. The van der Waals surface area contributed by atoms with Crippen molar-refractivity contribution in [2.24, 2.45) is 0 Å². The van der Waals surface area contributed by atoms with Crippen LogP contribution in [0.5, 0.6) is 0 Å². The lowest BCUT2D eigenvalue weighted by molar-refractivity contribution is 0.591. The van der Waals surface area contributed by atoms with Gasteiger partial charge in [0.25, 0.3) is 6.71 Å². The lowest BCUT2D eigenvalue weighted by Gasteiger charge is -2.34. The van der Waals surface area contributed by atoms with Crippen LogP contribution in [-0.4, -0.2) is 15.8 Å². The second kappa shape index (κ2) is 10.5. The van der Waals surface area contributed by atoms with E-state index in [1.54, 1.807) is 0 Å². The topological polar surface area (TPSA) is 9.86 Å². The molecule has 0 amide bonds. The van der Waals surface area contributed by atoms with Crippen molar-refractivity contribution in [1.29, 1.82) is 0 Å². The fourth-order valence-electron chi connectivity index (χ4n) is 9.81. The van der Waals surface area contributed by atoms with Crippen molar-refractivity contribution >= 4 is 72.3 Å². The van der Waals surface area contributed by atoms with E-state index in [-0.39, 0.29) is 17.5 Å². The zero-order chi connectivity index (χ0) is 36.0. The molecule has 0 saturated heterocycles. The van der Waals surface area contributed by atoms with Gasteiger partial charge in [-0.05, 0) is 110 Å². The number of fused-ring (bicyclic) bond motifs is 10. The Morgan fingerprint density at radius 2 is 1.32 bits per heavy atom. The van der Waals surface area contributed by atoms with E-state index in [0.29, 0.717) is 0 Å². The first-order chi connectivity index (χ1) is 25.6. The molecule has 4 heterocycles. The molecule has 2 nitrogen and oxygen atoms in total. The summed E-state index contributed by atoms with van der Waals surface area (Å²) in [6.45, 7) is 14.2. The number of aromatic nitrogens is 2. The molecule has 0 radical (unpaired) electrons. The van der Waals surface area contributed by atoms with Crippen LogP contribution in [0.4, 0.5) is 0 Å². The molecule has 0 bridgehead atoms. The van der Waals surface area contributed by atoms with E-state index < -0.39 is 0 Å². The summed E-state index contributed by atoms with van der Waals surface area (Å²) >= 11 is 0. The van der Waals surface area contributed by atoms with E-state index in [1.807, 2.05) is 0 Å². The SMILES string of the molecule is CC(C)(C)c1ccc2c(c1)c1c(-c3ccccc3)ccc3c1n2-c1cccc2c1B3c1cc(C(C)(C)C)cc3c4ccc(C5=CC=CCC5)cc4n-2c13. The monoisotopic (exact) mass is 682 g/mol. The number of nitrogens with zero attached hydrogens (tertiary/aromatic N) is 2. The van der Waals surface area contributed by atoms with Crippen LogP contribution < -0.4 is 16.4 Å². The first-order valence-corrected chi connectivity index (χ1v) is 19.4. The van der Waals surface area contributed by atoms with Crippen LogP contribution >= 0.6 is 0 Å². The summed E-state index contributed by atoms with van der Waals surface area (Å²) in [5.41, 5.74) is 20.2. The van der Waals surface area contributed by atoms with Crippen molar-refractivity contribution in [3.05, 3.63) is 144 Å². The number of hydrogen-bond donors (Lipinski definition) is 0. The zero-order valence-electron chi connectivity index (χ0n) is 31.5. The molecule has 256 valence electrons. The molecule has 1 aliphatic carbocycles. The molecule has 2 aliphatic heterocycles. The van der Waals surface area contributed by atoms with Gasteiger partial charge in [0, 0.05) is 44.0 Å². The number of benzene rings is 6. The Bertz CT molecular complexity index is 2950. The molecule has 3 aliphatic rings. The van der Waals surface area contributed by atoms with Crippen LogP contribution in [-0.2, 0) is 10.8 Å². The van der Waals surface area contributed by atoms with Crippen molar-refractivity contribution in [1.82, 2.24) is 9.13 Å². The Hall–Kier alpha value is -5.54. The second-order valence-corrected chi connectivity index (χ2v) is 17.7. The zero-order valence-corrected chi connectivity index (χ0v) is 31.5. The quantitative estimate of drug-likeness (QED) is 0.161. The molecule has 0 N–H and O–H groups in total. The molecule has 0 spiro atoms. The summed E-state index contributed by atoms with van der Waals surface area (Å²) < 4.78 is 5.23. The Morgan fingerprint density at radius 3 is 2.06 bits per heavy atom. The average Bonchev–Trinajstić information content (AvgIpc) is 3.68. The van der Waals surface area contributed by atoms with Gasteiger partial charge >= 0.3 is 0 Å².